The van der Waals surface area contributed by atoms with E-state index in [4.69, 9.17) is 5.73 Å². The lowest BCUT2D eigenvalue weighted by molar-refractivity contribution is -0.126. The Morgan fingerprint density at radius 2 is 1.90 bits per heavy atom. The zero-order valence-corrected chi connectivity index (χ0v) is 16.6. The number of Topliss-reactive ketones (excluding diaryl/α,β-unsaturated/α-hetero) is 2. The first-order valence-electron chi connectivity index (χ1n) is 9.69. The molecule has 0 aromatic heterocycles. The molecule has 7 nitrogen and oxygen atoms in total. The average Bonchev–Trinajstić information content (AvgIpc) is 2.64. The average molecular weight is 407 g/mol. The fraction of sp³-hybridized carbons (Fsp3) is 0.348. The Hall–Kier alpha value is -3.53. The normalized spacial score (nSPS) is 25.2. The minimum absolute atomic E-state index is 0.0266. The van der Waals surface area contributed by atoms with Crippen molar-refractivity contribution in [3.63, 3.8) is 0 Å². The Balaban J connectivity index is 1.88. The van der Waals surface area contributed by atoms with Gasteiger partial charge in [0.1, 0.15) is 22.8 Å². The van der Waals surface area contributed by atoms with Crippen molar-refractivity contribution in [2.75, 3.05) is 0 Å². The molecule has 30 heavy (non-hydrogen) atoms. The zero-order chi connectivity index (χ0) is 21.9. The second-order valence-corrected chi connectivity index (χ2v) is 8.08. The van der Waals surface area contributed by atoms with Gasteiger partial charge >= 0.3 is 0 Å². The number of phenolic OH excluding ortho intramolecular Hbond substituents is 1. The van der Waals surface area contributed by atoms with Crippen LogP contribution in [0.3, 0.4) is 0 Å². The van der Waals surface area contributed by atoms with Crippen molar-refractivity contribution < 1.29 is 29.7 Å². The largest absolute Gasteiger partial charge is 0.511 e. The summed E-state index contributed by atoms with van der Waals surface area (Å²) in [7, 11) is 0. The lowest BCUT2D eigenvalue weighted by Crippen LogP contribution is -2.43. The predicted octanol–water partition coefficient (Wildman–Crippen LogP) is 2.15. The topological polar surface area (TPSA) is 138 Å². The fourth-order valence-corrected chi connectivity index (χ4v) is 5.12. The molecule has 3 atom stereocenters. The second kappa shape index (κ2) is 6.77. The van der Waals surface area contributed by atoms with Gasteiger partial charge in [-0.05, 0) is 55.7 Å². The van der Waals surface area contributed by atoms with Crippen molar-refractivity contribution in [2.45, 2.75) is 33.1 Å². The van der Waals surface area contributed by atoms with Gasteiger partial charge in [-0.15, -0.1) is 5.92 Å². The van der Waals surface area contributed by atoms with E-state index < -0.39 is 40.6 Å². The second-order valence-electron chi connectivity index (χ2n) is 8.08. The van der Waals surface area contributed by atoms with Crippen molar-refractivity contribution >= 4 is 17.5 Å². The van der Waals surface area contributed by atoms with Gasteiger partial charge in [-0.2, -0.15) is 0 Å². The summed E-state index contributed by atoms with van der Waals surface area (Å²) in [6, 6.07) is 1.73. The van der Waals surface area contributed by atoms with Gasteiger partial charge in [0, 0.05) is 12.0 Å². The number of phenols is 1. The van der Waals surface area contributed by atoms with E-state index in [1.165, 1.54) is 0 Å². The van der Waals surface area contributed by atoms with E-state index in [-0.39, 0.29) is 35.0 Å². The highest BCUT2D eigenvalue weighted by Crippen LogP contribution is 2.50. The molecular formula is C23H21NO6. The molecule has 0 spiro atoms. The monoisotopic (exact) mass is 407 g/mol. The zero-order valence-electron chi connectivity index (χ0n) is 16.6. The number of rotatable bonds is 1. The third kappa shape index (κ3) is 2.64. The van der Waals surface area contributed by atoms with E-state index in [1.54, 1.807) is 13.0 Å². The van der Waals surface area contributed by atoms with Crippen molar-refractivity contribution in [1.82, 2.24) is 0 Å². The highest BCUT2D eigenvalue weighted by molar-refractivity contribution is 6.22. The van der Waals surface area contributed by atoms with Gasteiger partial charge in [0.2, 0.25) is 0 Å². The number of fused-ring (bicyclic) bond motifs is 3. The summed E-state index contributed by atoms with van der Waals surface area (Å²) in [6.07, 6.45) is 0.816. The van der Waals surface area contributed by atoms with Crippen LogP contribution in [0.25, 0.3) is 0 Å². The van der Waals surface area contributed by atoms with Gasteiger partial charge in [0.25, 0.3) is 5.91 Å². The number of amides is 1. The van der Waals surface area contributed by atoms with Gasteiger partial charge in [0.15, 0.2) is 11.6 Å². The predicted molar refractivity (Wildman–Crippen MR) is 107 cm³/mol. The van der Waals surface area contributed by atoms with Crippen LogP contribution in [0.15, 0.2) is 28.7 Å². The minimum atomic E-state index is -1.11. The Labute approximate surface area is 172 Å². The van der Waals surface area contributed by atoms with Crippen LogP contribution in [0.5, 0.6) is 5.75 Å². The van der Waals surface area contributed by atoms with Crippen LogP contribution in [-0.2, 0) is 16.0 Å². The molecule has 4 rings (SSSR count). The lowest BCUT2D eigenvalue weighted by Gasteiger charge is -2.41. The van der Waals surface area contributed by atoms with E-state index in [2.05, 4.69) is 11.8 Å². The number of benzene rings is 1. The molecule has 7 heteroatoms. The van der Waals surface area contributed by atoms with Crippen molar-refractivity contribution in [3.05, 3.63) is 51.0 Å². The Bertz CT molecular complexity index is 1160. The minimum Gasteiger partial charge on any atom is -0.511 e. The number of allylic oxidation sites excluding steroid dienone is 3. The van der Waals surface area contributed by atoms with Crippen molar-refractivity contribution in [2.24, 2.45) is 23.5 Å². The Morgan fingerprint density at radius 3 is 2.53 bits per heavy atom. The Morgan fingerprint density at radius 1 is 1.20 bits per heavy atom. The molecule has 0 aliphatic heterocycles. The molecule has 0 fully saturated rings. The highest BCUT2D eigenvalue weighted by Gasteiger charge is 2.50. The molecule has 0 heterocycles. The maximum Gasteiger partial charge on any atom is 0.255 e. The number of hydrogen-bond acceptors (Lipinski definition) is 6. The molecule has 0 radical (unpaired) electrons. The quantitative estimate of drug-likeness (QED) is 0.416. The summed E-state index contributed by atoms with van der Waals surface area (Å²) >= 11 is 0. The highest BCUT2D eigenvalue weighted by atomic mass is 16.3. The van der Waals surface area contributed by atoms with Gasteiger partial charge in [-0.1, -0.05) is 5.92 Å². The maximum absolute atomic E-state index is 13.4. The first-order valence-corrected chi connectivity index (χ1v) is 9.69. The van der Waals surface area contributed by atoms with Gasteiger partial charge < -0.3 is 21.1 Å². The van der Waals surface area contributed by atoms with E-state index >= 15 is 0 Å². The van der Waals surface area contributed by atoms with Crippen molar-refractivity contribution in [3.8, 4) is 17.6 Å². The number of ketones is 2. The number of aliphatic hydroxyl groups is 2. The molecule has 154 valence electrons. The molecule has 0 bridgehead atoms. The number of carbonyl (C=O) groups excluding carboxylic acids is 3. The number of primary amides is 1. The summed E-state index contributed by atoms with van der Waals surface area (Å²) in [4.78, 5) is 37.8. The smallest absolute Gasteiger partial charge is 0.255 e. The third-order valence-electron chi connectivity index (χ3n) is 6.37. The van der Waals surface area contributed by atoms with E-state index in [1.807, 2.05) is 6.92 Å². The number of carbonyl (C=O) groups is 3. The van der Waals surface area contributed by atoms with E-state index in [0.717, 1.165) is 5.56 Å². The number of hydrogen-bond donors (Lipinski definition) is 4. The molecule has 1 aromatic rings. The van der Waals surface area contributed by atoms with Gasteiger partial charge in [0.05, 0.1) is 17.0 Å². The van der Waals surface area contributed by atoms with Crippen LogP contribution in [0.4, 0.5) is 0 Å². The number of aryl methyl sites for hydroxylation is 1. The van der Waals surface area contributed by atoms with Crippen LogP contribution < -0.4 is 5.73 Å². The molecule has 1 aromatic carbocycles. The van der Waals surface area contributed by atoms with Crippen LogP contribution in [-0.4, -0.2) is 32.8 Å². The summed E-state index contributed by atoms with van der Waals surface area (Å²) in [5.74, 6) is 0.192. The first-order chi connectivity index (χ1) is 14.2. The summed E-state index contributed by atoms with van der Waals surface area (Å²) in [5, 5.41) is 31.8. The number of aliphatic hydroxyl groups excluding tert-OH is 2. The van der Waals surface area contributed by atoms with Crippen LogP contribution in [0.2, 0.25) is 0 Å². The molecule has 0 saturated carbocycles. The molecule has 5 N–H and O–H groups in total. The third-order valence-corrected chi connectivity index (χ3v) is 6.37. The summed E-state index contributed by atoms with van der Waals surface area (Å²) in [5.41, 5.74) is 6.72. The number of nitrogens with two attached hydrogens (primary N) is 1. The van der Waals surface area contributed by atoms with E-state index in [0.29, 0.717) is 24.0 Å². The molecule has 3 aliphatic carbocycles. The molecule has 0 saturated heterocycles. The maximum atomic E-state index is 13.4. The van der Waals surface area contributed by atoms with Crippen LogP contribution in [0.1, 0.15) is 46.8 Å². The standard InChI is InChI=1S/C23H21NO6/c1-3-4-10-5-9(2)13-7-11-6-12-8-14(25)18(23(24)30)22(29)16(12)20(27)15(11)21(28)17(13)19(10)26/h5,11-12,16,25-27H,6-8H2,1-2H3,(H2,24,30). The Kier molecular flexibility index (Phi) is 4.46. The summed E-state index contributed by atoms with van der Waals surface area (Å²) < 4.78 is 0. The molecular weight excluding hydrogens is 386 g/mol. The van der Waals surface area contributed by atoms with Gasteiger partial charge in [-0.25, -0.2) is 0 Å². The van der Waals surface area contributed by atoms with Crippen LogP contribution in [0, 0.1) is 36.5 Å². The van der Waals surface area contributed by atoms with Crippen LogP contribution >= 0.6 is 0 Å². The fourth-order valence-electron chi connectivity index (χ4n) is 5.12. The van der Waals surface area contributed by atoms with Crippen molar-refractivity contribution in [1.29, 1.82) is 0 Å². The molecule has 3 unspecified atom stereocenters. The van der Waals surface area contributed by atoms with Gasteiger partial charge in [-0.3, -0.25) is 14.4 Å². The first kappa shape index (κ1) is 19.8. The molecule has 1 amide bonds. The summed E-state index contributed by atoms with van der Waals surface area (Å²) in [6.45, 7) is 3.46. The molecule has 3 aliphatic rings. The SMILES string of the molecule is CC#Cc1cc(C)c2c(c1O)C(=O)C1=C(O)C3C(=O)C(C(N)=O)=C(O)CC3CC1C2. The van der Waals surface area contributed by atoms with E-state index in [9.17, 15) is 29.7 Å². The lowest BCUT2D eigenvalue weighted by atomic mass is 9.62. The number of aromatic hydroxyl groups is 1.